The average molecular weight is 270 g/mol. The summed E-state index contributed by atoms with van der Waals surface area (Å²) in [5.74, 6) is -1.36. The molecule has 0 saturated carbocycles. The van der Waals surface area contributed by atoms with Crippen molar-refractivity contribution in [2.45, 2.75) is 25.8 Å². The van der Waals surface area contributed by atoms with Crippen LogP contribution in [0.2, 0.25) is 0 Å². The van der Waals surface area contributed by atoms with Crippen LogP contribution >= 0.6 is 0 Å². The van der Waals surface area contributed by atoms with Gasteiger partial charge in [0.25, 0.3) is 0 Å². The van der Waals surface area contributed by atoms with Gasteiger partial charge < -0.3 is 9.47 Å². The first kappa shape index (κ1) is 15.5. The molecule has 0 aromatic heterocycles. The maximum atomic E-state index is 12.0. The summed E-state index contributed by atoms with van der Waals surface area (Å²) in [6.45, 7) is 2.02. The van der Waals surface area contributed by atoms with E-state index in [1.165, 1.54) is 14.2 Å². The van der Waals surface area contributed by atoms with Crippen molar-refractivity contribution in [3.8, 4) is 0 Å². The van der Waals surface area contributed by atoms with E-state index >= 15 is 0 Å². The normalized spacial score (nSPS) is 23.1. The Morgan fingerprint density at radius 1 is 1.32 bits per heavy atom. The molecule has 1 aliphatic heterocycles. The van der Waals surface area contributed by atoms with Crippen LogP contribution in [0.15, 0.2) is 11.8 Å². The summed E-state index contributed by atoms with van der Waals surface area (Å²) in [4.78, 5) is 23.9. The van der Waals surface area contributed by atoms with Crippen LogP contribution in [-0.2, 0) is 19.1 Å². The van der Waals surface area contributed by atoms with Crippen molar-refractivity contribution in [1.82, 2.24) is 10.0 Å². The van der Waals surface area contributed by atoms with E-state index in [9.17, 15) is 9.59 Å². The van der Waals surface area contributed by atoms with E-state index in [-0.39, 0.29) is 5.97 Å². The molecule has 0 aromatic rings. The first-order valence-corrected chi connectivity index (χ1v) is 6.27. The Balaban J connectivity index is 3.17. The second-order valence-electron chi connectivity index (χ2n) is 4.67. The summed E-state index contributed by atoms with van der Waals surface area (Å²) in [7, 11) is 6.29. The number of rotatable bonds is 4. The Morgan fingerprint density at radius 2 is 1.89 bits per heavy atom. The summed E-state index contributed by atoms with van der Waals surface area (Å²) in [6.07, 6.45) is 3.25. The summed E-state index contributed by atoms with van der Waals surface area (Å²) < 4.78 is 9.64. The monoisotopic (exact) mass is 270 g/mol. The van der Waals surface area contributed by atoms with E-state index in [4.69, 9.17) is 9.47 Å². The summed E-state index contributed by atoms with van der Waals surface area (Å²) in [6, 6.07) is -0.678. The standard InChI is InChI=1S/C13H22N2O4/c1-6-9-7-10(12(16)18-4)11(13(17)19-5)15(8-9)14(2)3/h8,10-11H,6-7H2,1-5H3. The first-order chi connectivity index (χ1) is 8.96. The lowest BCUT2D eigenvalue weighted by Gasteiger charge is -2.41. The molecule has 0 N–H and O–H groups in total. The van der Waals surface area contributed by atoms with E-state index in [2.05, 4.69) is 0 Å². The van der Waals surface area contributed by atoms with E-state index in [1.807, 2.05) is 27.2 Å². The number of nitrogens with zero attached hydrogens (tertiary/aromatic N) is 2. The van der Waals surface area contributed by atoms with Gasteiger partial charge in [0.05, 0.1) is 20.1 Å². The topological polar surface area (TPSA) is 59.1 Å². The second kappa shape index (κ2) is 6.56. The molecule has 6 nitrogen and oxygen atoms in total. The third-order valence-electron chi connectivity index (χ3n) is 3.33. The number of methoxy groups -OCH3 is 2. The van der Waals surface area contributed by atoms with Crippen LogP contribution in [-0.4, -0.2) is 56.3 Å². The second-order valence-corrected chi connectivity index (χ2v) is 4.67. The zero-order valence-electron chi connectivity index (χ0n) is 12.2. The minimum atomic E-state index is -0.678. The van der Waals surface area contributed by atoms with Crippen LogP contribution in [0.3, 0.4) is 0 Å². The Kier molecular flexibility index (Phi) is 5.35. The zero-order chi connectivity index (χ0) is 14.6. The van der Waals surface area contributed by atoms with Crippen LogP contribution < -0.4 is 0 Å². The van der Waals surface area contributed by atoms with Gasteiger partial charge in [-0.25, -0.2) is 9.80 Å². The Labute approximate surface area is 113 Å². The van der Waals surface area contributed by atoms with Gasteiger partial charge in [-0.1, -0.05) is 12.5 Å². The lowest BCUT2D eigenvalue weighted by Crippen LogP contribution is -2.54. The fourth-order valence-electron chi connectivity index (χ4n) is 2.26. The smallest absolute Gasteiger partial charge is 0.331 e. The maximum absolute atomic E-state index is 12.0. The molecule has 2 atom stereocenters. The quantitative estimate of drug-likeness (QED) is 0.704. The Hall–Kier alpha value is -1.56. The van der Waals surface area contributed by atoms with Crippen molar-refractivity contribution in [3.63, 3.8) is 0 Å². The molecule has 0 aliphatic carbocycles. The number of hydrogen-bond donors (Lipinski definition) is 0. The van der Waals surface area contributed by atoms with E-state index in [1.54, 1.807) is 10.0 Å². The van der Waals surface area contributed by atoms with Crippen molar-refractivity contribution in [1.29, 1.82) is 0 Å². The predicted molar refractivity (Wildman–Crippen MR) is 69.8 cm³/mol. The van der Waals surface area contributed by atoms with Gasteiger partial charge in [0.1, 0.15) is 0 Å². The van der Waals surface area contributed by atoms with Gasteiger partial charge in [0.15, 0.2) is 6.04 Å². The van der Waals surface area contributed by atoms with Crippen molar-refractivity contribution < 1.29 is 19.1 Å². The van der Waals surface area contributed by atoms with Crippen molar-refractivity contribution >= 4 is 11.9 Å². The zero-order valence-corrected chi connectivity index (χ0v) is 12.2. The van der Waals surface area contributed by atoms with E-state index in [0.717, 1.165) is 12.0 Å². The Bertz CT molecular complexity index is 379. The first-order valence-electron chi connectivity index (χ1n) is 6.27. The molecule has 0 bridgehead atoms. The van der Waals surface area contributed by atoms with Crippen molar-refractivity contribution in [2.24, 2.45) is 5.92 Å². The molecule has 2 unspecified atom stereocenters. The van der Waals surface area contributed by atoms with Crippen LogP contribution in [0, 0.1) is 5.92 Å². The molecular weight excluding hydrogens is 248 g/mol. The largest absolute Gasteiger partial charge is 0.469 e. The molecule has 6 heteroatoms. The number of carbonyl (C=O) groups excluding carboxylic acids is 2. The summed E-state index contributed by atoms with van der Waals surface area (Å²) in [5, 5.41) is 3.50. The fraction of sp³-hybridized carbons (Fsp3) is 0.692. The molecule has 0 aromatic carbocycles. The van der Waals surface area contributed by atoms with Gasteiger partial charge >= 0.3 is 11.9 Å². The number of ether oxygens (including phenoxy) is 2. The molecule has 0 saturated heterocycles. The molecule has 0 radical (unpaired) electrons. The average Bonchev–Trinajstić information content (AvgIpc) is 2.43. The van der Waals surface area contributed by atoms with E-state index in [0.29, 0.717) is 6.42 Å². The highest BCUT2D eigenvalue weighted by Crippen LogP contribution is 2.30. The molecule has 1 heterocycles. The number of carbonyl (C=O) groups is 2. The molecule has 108 valence electrons. The minimum absolute atomic E-state index is 0.388. The molecule has 1 aliphatic rings. The van der Waals surface area contributed by atoms with Gasteiger partial charge in [-0.15, -0.1) is 0 Å². The van der Waals surface area contributed by atoms with Gasteiger partial charge in [0, 0.05) is 20.3 Å². The predicted octanol–water partition coefficient (Wildman–Crippen LogP) is 0.793. The third kappa shape index (κ3) is 3.26. The number of hydrogen-bond acceptors (Lipinski definition) is 6. The molecular formula is C13H22N2O4. The van der Waals surface area contributed by atoms with Crippen LogP contribution in [0.4, 0.5) is 0 Å². The molecule has 0 fully saturated rings. The van der Waals surface area contributed by atoms with Gasteiger partial charge in [0.2, 0.25) is 0 Å². The van der Waals surface area contributed by atoms with Gasteiger partial charge in [-0.2, -0.15) is 0 Å². The number of hydrazine groups is 1. The third-order valence-corrected chi connectivity index (χ3v) is 3.33. The summed E-state index contributed by atoms with van der Waals surface area (Å²) >= 11 is 0. The fourth-order valence-corrected chi connectivity index (χ4v) is 2.26. The molecule has 19 heavy (non-hydrogen) atoms. The summed E-state index contributed by atoms with van der Waals surface area (Å²) in [5.41, 5.74) is 1.10. The van der Waals surface area contributed by atoms with E-state index < -0.39 is 17.9 Å². The number of allylic oxidation sites excluding steroid dienone is 1. The van der Waals surface area contributed by atoms with Crippen LogP contribution in [0.1, 0.15) is 19.8 Å². The van der Waals surface area contributed by atoms with Crippen LogP contribution in [0.5, 0.6) is 0 Å². The minimum Gasteiger partial charge on any atom is -0.469 e. The van der Waals surface area contributed by atoms with Crippen LogP contribution in [0.25, 0.3) is 0 Å². The molecule has 1 rings (SSSR count). The van der Waals surface area contributed by atoms with Gasteiger partial charge in [-0.05, 0) is 12.8 Å². The SMILES string of the molecule is CCC1=CN(N(C)C)C(C(=O)OC)C(C(=O)OC)C1. The van der Waals surface area contributed by atoms with Crippen molar-refractivity contribution in [3.05, 3.63) is 11.8 Å². The molecule has 0 amide bonds. The highest BCUT2D eigenvalue weighted by atomic mass is 16.5. The lowest BCUT2D eigenvalue weighted by atomic mass is 9.88. The molecule has 0 spiro atoms. The number of esters is 2. The highest BCUT2D eigenvalue weighted by Gasteiger charge is 2.42. The maximum Gasteiger partial charge on any atom is 0.331 e. The highest BCUT2D eigenvalue weighted by molar-refractivity contribution is 5.85. The Morgan fingerprint density at radius 3 is 2.32 bits per heavy atom. The van der Waals surface area contributed by atoms with Crippen molar-refractivity contribution in [2.75, 3.05) is 28.3 Å². The lowest BCUT2D eigenvalue weighted by molar-refractivity contribution is -0.165. The van der Waals surface area contributed by atoms with Gasteiger partial charge in [-0.3, -0.25) is 9.80 Å².